The second-order valence-electron chi connectivity index (χ2n) is 3.59. The number of halogens is 2. The first kappa shape index (κ1) is 13.2. The summed E-state index contributed by atoms with van der Waals surface area (Å²) in [6.45, 7) is 2.96. The van der Waals surface area contributed by atoms with Crippen molar-refractivity contribution in [2.75, 3.05) is 6.54 Å². The lowest BCUT2D eigenvalue weighted by atomic mass is 10.0. The van der Waals surface area contributed by atoms with Crippen molar-refractivity contribution >= 4 is 15.9 Å². The largest absolute Gasteiger partial charge is 0.309 e. The molecule has 0 amide bonds. The summed E-state index contributed by atoms with van der Waals surface area (Å²) >= 11 is 3.13. The molecule has 0 aliphatic carbocycles. The minimum absolute atomic E-state index is 0.0348. The van der Waals surface area contributed by atoms with E-state index in [0.717, 1.165) is 18.5 Å². The molecule has 1 unspecified atom stereocenters. The van der Waals surface area contributed by atoms with E-state index >= 15 is 0 Å². The van der Waals surface area contributed by atoms with Gasteiger partial charge in [-0.2, -0.15) is 0 Å². The average Bonchev–Trinajstić information content (AvgIpc) is 2.28. The fourth-order valence-electron chi connectivity index (χ4n) is 1.47. The second-order valence-corrected chi connectivity index (χ2v) is 4.44. The van der Waals surface area contributed by atoms with E-state index in [9.17, 15) is 4.39 Å². The summed E-state index contributed by atoms with van der Waals surface area (Å²) in [5.41, 5.74) is 0.895. The predicted octanol–water partition coefficient (Wildman–Crippen LogP) is 3.65. The number of terminal acetylenes is 1. The molecule has 1 aromatic rings. The predicted molar refractivity (Wildman–Crippen MR) is 68.6 cm³/mol. The Bertz CT molecular complexity index is 384. The Balaban J connectivity index is 2.84. The third kappa shape index (κ3) is 3.62. The first-order chi connectivity index (χ1) is 7.69. The molecule has 86 valence electrons. The molecule has 1 aromatic carbocycles. The molecule has 3 heteroatoms. The molecule has 0 heterocycles. The summed E-state index contributed by atoms with van der Waals surface area (Å²) in [5, 5.41) is 3.31. The lowest BCUT2D eigenvalue weighted by Crippen LogP contribution is -2.21. The second kappa shape index (κ2) is 6.67. The van der Waals surface area contributed by atoms with Gasteiger partial charge >= 0.3 is 0 Å². The maximum atomic E-state index is 13.4. The topological polar surface area (TPSA) is 12.0 Å². The van der Waals surface area contributed by atoms with E-state index < -0.39 is 0 Å². The molecule has 1 nitrogen and oxygen atoms in total. The van der Waals surface area contributed by atoms with Crippen LogP contribution >= 0.6 is 15.9 Å². The molecule has 0 saturated carbocycles. The van der Waals surface area contributed by atoms with Crippen molar-refractivity contribution in [2.24, 2.45) is 0 Å². The van der Waals surface area contributed by atoms with Gasteiger partial charge in [-0.15, -0.1) is 12.3 Å². The first-order valence-corrected chi connectivity index (χ1v) is 6.10. The van der Waals surface area contributed by atoms with E-state index in [4.69, 9.17) is 6.42 Å². The standard InChI is InChI=1S/C13H15BrFN/c1-3-5-13(16-8-4-2)10-6-7-11(14)12(15)9-10/h1,6-7,9,13,16H,4-5,8H2,2H3. The van der Waals surface area contributed by atoms with Gasteiger partial charge in [0.1, 0.15) is 5.82 Å². The van der Waals surface area contributed by atoms with Crippen molar-refractivity contribution < 1.29 is 4.39 Å². The van der Waals surface area contributed by atoms with E-state index in [1.165, 1.54) is 6.07 Å². The molecule has 0 bridgehead atoms. The van der Waals surface area contributed by atoms with Crippen molar-refractivity contribution in [1.82, 2.24) is 5.32 Å². The smallest absolute Gasteiger partial charge is 0.137 e. The van der Waals surface area contributed by atoms with Crippen LogP contribution in [0.25, 0.3) is 0 Å². The third-order valence-corrected chi connectivity index (χ3v) is 2.95. The van der Waals surface area contributed by atoms with Crippen LogP contribution in [0.2, 0.25) is 0 Å². The monoisotopic (exact) mass is 283 g/mol. The number of rotatable bonds is 5. The normalized spacial score (nSPS) is 12.1. The zero-order chi connectivity index (χ0) is 12.0. The molecule has 0 aliphatic rings. The van der Waals surface area contributed by atoms with E-state index in [1.54, 1.807) is 6.07 Å². The Morgan fingerprint density at radius 3 is 2.88 bits per heavy atom. The van der Waals surface area contributed by atoms with Gasteiger partial charge in [0.2, 0.25) is 0 Å². The molecule has 1 rings (SSSR count). The van der Waals surface area contributed by atoms with Crippen LogP contribution in [-0.4, -0.2) is 6.54 Å². The molecule has 0 aromatic heterocycles. The highest BCUT2D eigenvalue weighted by Crippen LogP contribution is 2.22. The zero-order valence-corrected chi connectivity index (χ0v) is 10.8. The maximum absolute atomic E-state index is 13.4. The van der Waals surface area contributed by atoms with E-state index in [0.29, 0.717) is 10.9 Å². The minimum atomic E-state index is -0.252. The summed E-state index contributed by atoms with van der Waals surface area (Å²) in [6, 6.07) is 5.15. The minimum Gasteiger partial charge on any atom is -0.309 e. The molecule has 1 atom stereocenters. The summed E-state index contributed by atoms with van der Waals surface area (Å²) in [5.74, 6) is 2.36. The third-order valence-electron chi connectivity index (χ3n) is 2.31. The van der Waals surface area contributed by atoms with Gasteiger partial charge in [0.05, 0.1) is 4.47 Å². The van der Waals surface area contributed by atoms with Crippen LogP contribution in [0.5, 0.6) is 0 Å². The highest BCUT2D eigenvalue weighted by molar-refractivity contribution is 9.10. The fourth-order valence-corrected chi connectivity index (χ4v) is 1.72. The Morgan fingerprint density at radius 1 is 1.56 bits per heavy atom. The van der Waals surface area contributed by atoms with Gasteiger partial charge in [-0.05, 0) is 46.6 Å². The number of nitrogens with one attached hydrogen (secondary N) is 1. The Hall–Kier alpha value is -0.850. The molecule has 1 N–H and O–H groups in total. The Labute approximate surface area is 105 Å². The fraction of sp³-hybridized carbons (Fsp3) is 0.385. The average molecular weight is 284 g/mol. The molecule has 16 heavy (non-hydrogen) atoms. The van der Waals surface area contributed by atoms with Crippen molar-refractivity contribution in [3.63, 3.8) is 0 Å². The number of hydrogen-bond donors (Lipinski definition) is 1. The zero-order valence-electron chi connectivity index (χ0n) is 9.26. The molecule has 0 fully saturated rings. The quantitative estimate of drug-likeness (QED) is 0.814. The molecule has 0 aliphatic heterocycles. The maximum Gasteiger partial charge on any atom is 0.137 e. The van der Waals surface area contributed by atoms with Gasteiger partial charge in [-0.25, -0.2) is 4.39 Å². The van der Waals surface area contributed by atoms with Crippen LogP contribution < -0.4 is 5.32 Å². The molecule has 0 radical (unpaired) electrons. The molecule has 0 saturated heterocycles. The Kier molecular flexibility index (Phi) is 5.51. The van der Waals surface area contributed by atoms with Crippen molar-refractivity contribution in [2.45, 2.75) is 25.8 Å². The van der Waals surface area contributed by atoms with Gasteiger partial charge in [0, 0.05) is 12.5 Å². The van der Waals surface area contributed by atoms with Gasteiger partial charge in [0.15, 0.2) is 0 Å². The summed E-state index contributed by atoms with van der Waals surface area (Å²) in [4.78, 5) is 0. The molecular weight excluding hydrogens is 269 g/mol. The number of hydrogen-bond acceptors (Lipinski definition) is 1. The van der Waals surface area contributed by atoms with Gasteiger partial charge in [0.25, 0.3) is 0 Å². The van der Waals surface area contributed by atoms with Crippen molar-refractivity contribution in [3.05, 3.63) is 34.1 Å². The van der Waals surface area contributed by atoms with Crippen LogP contribution in [0.3, 0.4) is 0 Å². The summed E-state index contributed by atoms with van der Waals surface area (Å²) < 4.78 is 13.9. The summed E-state index contributed by atoms with van der Waals surface area (Å²) in [6.07, 6.45) is 6.91. The van der Waals surface area contributed by atoms with Crippen LogP contribution in [0.1, 0.15) is 31.4 Å². The molecular formula is C13H15BrFN. The first-order valence-electron chi connectivity index (χ1n) is 5.30. The molecule has 0 spiro atoms. The van der Waals surface area contributed by atoms with Crippen LogP contribution in [0.4, 0.5) is 4.39 Å². The number of benzene rings is 1. The lowest BCUT2D eigenvalue weighted by Gasteiger charge is -2.16. The van der Waals surface area contributed by atoms with Gasteiger partial charge in [-0.3, -0.25) is 0 Å². The highest BCUT2D eigenvalue weighted by Gasteiger charge is 2.11. The summed E-state index contributed by atoms with van der Waals surface area (Å²) in [7, 11) is 0. The van der Waals surface area contributed by atoms with Gasteiger partial charge < -0.3 is 5.32 Å². The van der Waals surface area contributed by atoms with Crippen LogP contribution in [0, 0.1) is 18.2 Å². The highest BCUT2D eigenvalue weighted by atomic mass is 79.9. The SMILES string of the molecule is C#CCC(NCCC)c1ccc(Br)c(F)c1. The van der Waals surface area contributed by atoms with Crippen LogP contribution in [-0.2, 0) is 0 Å². The van der Waals surface area contributed by atoms with E-state index in [1.807, 2.05) is 6.07 Å². The Morgan fingerprint density at radius 2 is 2.31 bits per heavy atom. The van der Waals surface area contributed by atoms with Crippen LogP contribution in [0.15, 0.2) is 22.7 Å². The van der Waals surface area contributed by atoms with Crippen molar-refractivity contribution in [1.29, 1.82) is 0 Å². The van der Waals surface area contributed by atoms with E-state index in [2.05, 4.69) is 34.1 Å². The lowest BCUT2D eigenvalue weighted by molar-refractivity contribution is 0.536. The van der Waals surface area contributed by atoms with Gasteiger partial charge in [-0.1, -0.05) is 13.0 Å². The van der Waals surface area contributed by atoms with E-state index in [-0.39, 0.29) is 11.9 Å². The van der Waals surface area contributed by atoms with Crippen molar-refractivity contribution in [3.8, 4) is 12.3 Å².